The van der Waals surface area contributed by atoms with Crippen LogP contribution in [-0.4, -0.2) is 27.4 Å². The molecule has 34 heavy (non-hydrogen) atoms. The number of hydrazone groups is 1. The third-order valence-electron chi connectivity index (χ3n) is 5.58. The van der Waals surface area contributed by atoms with Crippen molar-refractivity contribution in [1.82, 2.24) is 15.0 Å². The van der Waals surface area contributed by atoms with E-state index in [9.17, 15) is 9.59 Å². The van der Waals surface area contributed by atoms with E-state index in [2.05, 4.69) is 26.5 Å². The van der Waals surface area contributed by atoms with Crippen LogP contribution in [0.3, 0.4) is 0 Å². The van der Waals surface area contributed by atoms with Gasteiger partial charge in [0.25, 0.3) is 11.5 Å². The molecule has 172 valence electrons. The molecule has 1 aliphatic carbocycles. The second-order valence-corrected chi connectivity index (χ2v) is 10.8. The summed E-state index contributed by atoms with van der Waals surface area (Å²) in [5.74, 6) is -0.175. The van der Waals surface area contributed by atoms with Crippen molar-refractivity contribution in [2.75, 3.05) is 5.75 Å². The topological polar surface area (TPSA) is 76.3 Å². The zero-order valence-electron chi connectivity index (χ0n) is 18.2. The molecule has 0 fully saturated rings. The number of hydrogen-bond acceptors (Lipinski definition) is 6. The number of hydrogen-bond donors (Lipinski definition) is 1. The van der Waals surface area contributed by atoms with Crippen molar-refractivity contribution in [3.63, 3.8) is 0 Å². The molecule has 0 bridgehead atoms. The molecule has 0 radical (unpaired) electrons. The van der Waals surface area contributed by atoms with Crippen LogP contribution in [0.1, 0.15) is 28.8 Å². The predicted molar refractivity (Wildman–Crippen MR) is 142 cm³/mol. The van der Waals surface area contributed by atoms with Crippen LogP contribution in [0.4, 0.5) is 0 Å². The molecule has 1 N–H and O–H groups in total. The van der Waals surface area contributed by atoms with Gasteiger partial charge in [-0.1, -0.05) is 58.0 Å². The molecule has 9 heteroatoms. The Bertz CT molecular complexity index is 1430. The predicted octanol–water partition coefficient (Wildman–Crippen LogP) is 5.33. The van der Waals surface area contributed by atoms with Crippen molar-refractivity contribution in [3.8, 4) is 5.69 Å². The van der Waals surface area contributed by atoms with Crippen LogP contribution >= 0.6 is 39.0 Å². The molecular weight excluding hydrogens is 532 g/mol. The van der Waals surface area contributed by atoms with Gasteiger partial charge in [0.15, 0.2) is 5.16 Å². The number of thioether (sulfide) groups is 1. The second-order valence-electron chi connectivity index (χ2n) is 7.89. The van der Waals surface area contributed by atoms with Crippen LogP contribution in [0.2, 0.25) is 0 Å². The maximum atomic E-state index is 13.7. The second kappa shape index (κ2) is 10.2. The van der Waals surface area contributed by atoms with E-state index in [1.54, 1.807) is 22.1 Å². The number of fused-ring (bicyclic) bond motifs is 3. The van der Waals surface area contributed by atoms with Crippen LogP contribution in [0.5, 0.6) is 0 Å². The number of thiophene rings is 1. The quantitative estimate of drug-likeness (QED) is 0.152. The number of carbonyl (C=O) groups excluding carboxylic acids is 1. The molecule has 5 rings (SSSR count). The normalized spacial score (nSPS) is 13.3. The summed E-state index contributed by atoms with van der Waals surface area (Å²) in [7, 11) is 0. The van der Waals surface area contributed by atoms with E-state index >= 15 is 0 Å². The van der Waals surface area contributed by atoms with Crippen LogP contribution in [0, 0.1) is 0 Å². The van der Waals surface area contributed by atoms with Gasteiger partial charge in [0.05, 0.1) is 23.0 Å². The standard InChI is InChI=1S/C25H21BrN4O2S2/c26-17-12-10-16(11-13-17)14-27-29-21(31)15-33-25-28-23-22(19-8-4-5-9-20(19)34-23)24(32)30(25)18-6-2-1-3-7-18/h1-3,6-7,10-14H,4-5,8-9,15H2,(H,29,31)/b27-14-. The summed E-state index contributed by atoms with van der Waals surface area (Å²) in [6.07, 6.45) is 5.76. The van der Waals surface area contributed by atoms with Crippen LogP contribution in [-0.2, 0) is 17.6 Å². The molecule has 0 unspecified atom stereocenters. The van der Waals surface area contributed by atoms with Gasteiger partial charge in [-0.15, -0.1) is 11.3 Å². The molecule has 6 nitrogen and oxygen atoms in total. The fourth-order valence-corrected chi connectivity index (χ4v) is 6.35. The lowest BCUT2D eigenvalue weighted by molar-refractivity contribution is -0.118. The number of aromatic nitrogens is 2. The average molecular weight is 554 g/mol. The van der Waals surface area contributed by atoms with Crippen molar-refractivity contribution in [3.05, 3.63) is 85.4 Å². The van der Waals surface area contributed by atoms with E-state index in [0.717, 1.165) is 57.2 Å². The summed E-state index contributed by atoms with van der Waals surface area (Å²) in [5, 5.41) is 5.28. The fourth-order valence-electron chi connectivity index (χ4n) is 3.98. The number of nitrogens with one attached hydrogen (secondary N) is 1. The van der Waals surface area contributed by atoms with E-state index in [0.29, 0.717) is 5.16 Å². The smallest absolute Gasteiger partial charge is 0.267 e. The fraction of sp³-hybridized carbons (Fsp3) is 0.200. The Labute approximate surface area is 213 Å². The van der Waals surface area contributed by atoms with E-state index in [1.807, 2.05) is 54.6 Å². The maximum absolute atomic E-state index is 13.7. The van der Waals surface area contributed by atoms with E-state index in [-0.39, 0.29) is 17.2 Å². The molecule has 0 atom stereocenters. The lowest BCUT2D eigenvalue weighted by Gasteiger charge is -2.13. The number of carbonyl (C=O) groups is 1. The van der Waals surface area contributed by atoms with E-state index < -0.39 is 0 Å². The van der Waals surface area contributed by atoms with Gasteiger partial charge < -0.3 is 0 Å². The van der Waals surface area contributed by atoms with Gasteiger partial charge in [-0.3, -0.25) is 14.2 Å². The zero-order valence-corrected chi connectivity index (χ0v) is 21.4. The molecule has 0 saturated heterocycles. The van der Waals surface area contributed by atoms with Crippen molar-refractivity contribution in [2.45, 2.75) is 30.8 Å². The third-order valence-corrected chi connectivity index (χ3v) is 8.23. The van der Waals surface area contributed by atoms with E-state index in [4.69, 9.17) is 4.98 Å². The highest BCUT2D eigenvalue weighted by molar-refractivity contribution is 9.10. The largest absolute Gasteiger partial charge is 0.272 e. The first-order chi connectivity index (χ1) is 16.6. The molecule has 0 spiro atoms. The summed E-state index contributed by atoms with van der Waals surface area (Å²) in [6, 6.07) is 17.1. The lowest BCUT2D eigenvalue weighted by atomic mass is 9.97. The van der Waals surface area contributed by atoms with Crippen molar-refractivity contribution >= 4 is 61.4 Å². The van der Waals surface area contributed by atoms with Gasteiger partial charge in [-0.2, -0.15) is 5.10 Å². The number of benzene rings is 2. The van der Waals surface area contributed by atoms with Crippen molar-refractivity contribution < 1.29 is 4.79 Å². The molecule has 4 aromatic rings. The van der Waals surface area contributed by atoms with Crippen LogP contribution in [0.15, 0.2) is 74.1 Å². The van der Waals surface area contributed by atoms with Gasteiger partial charge in [-0.25, -0.2) is 10.4 Å². The third kappa shape index (κ3) is 4.87. The summed E-state index contributed by atoms with van der Waals surface area (Å²) >= 11 is 6.25. The Hall–Kier alpha value is -2.75. The Morgan fingerprint density at radius 1 is 1.15 bits per heavy atom. The van der Waals surface area contributed by atoms with Crippen molar-refractivity contribution in [1.29, 1.82) is 0 Å². The summed E-state index contributed by atoms with van der Waals surface area (Å²) < 4.78 is 2.61. The van der Waals surface area contributed by atoms with Crippen LogP contribution < -0.4 is 11.0 Å². The molecule has 0 aliphatic heterocycles. The Kier molecular flexibility index (Phi) is 6.94. The Morgan fingerprint density at radius 3 is 2.71 bits per heavy atom. The SMILES string of the molecule is O=C(CSc1nc2sc3c(c2c(=O)n1-c1ccccc1)CCCC3)N/N=C\c1ccc(Br)cc1. The molecule has 2 heterocycles. The highest BCUT2D eigenvalue weighted by atomic mass is 79.9. The minimum Gasteiger partial charge on any atom is -0.272 e. The van der Waals surface area contributed by atoms with E-state index in [1.165, 1.54) is 16.6 Å². The number of halogens is 1. The number of nitrogens with zero attached hydrogens (tertiary/aromatic N) is 3. The first-order valence-electron chi connectivity index (χ1n) is 10.9. The molecular formula is C25H21BrN4O2S2. The van der Waals surface area contributed by atoms with Gasteiger partial charge >= 0.3 is 0 Å². The maximum Gasteiger partial charge on any atom is 0.267 e. The summed E-state index contributed by atoms with van der Waals surface area (Å²) in [6.45, 7) is 0. The highest BCUT2D eigenvalue weighted by Crippen LogP contribution is 2.35. The zero-order chi connectivity index (χ0) is 23.5. The Morgan fingerprint density at radius 2 is 1.91 bits per heavy atom. The van der Waals surface area contributed by atoms with Gasteiger partial charge in [0.2, 0.25) is 0 Å². The monoisotopic (exact) mass is 552 g/mol. The number of rotatable bonds is 6. The molecule has 1 amide bonds. The minimum atomic E-state index is -0.266. The van der Waals surface area contributed by atoms with Gasteiger partial charge in [0, 0.05) is 9.35 Å². The first-order valence-corrected chi connectivity index (χ1v) is 13.5. The lowest BCUT2D eigenvalue weighted by Crippen LogP contribution is -2.24. The van der Waals surface area contributed by atoms with Crippen molar-refractivity contribution in [2.24, 2.45) is 5.10 Å². The minimum absolute atomic E-state index is 0.0632. The molecule has 2 aromatic heterocycles. The highest BCUT2D eigenvalue weighted by Gasteiger charge is 2.23. The number of aryl methyl sites for hydroxylation is 2. The first kappa shape index (κ1) is 23.0. The van der Waals surface area contributed by atoms with Gasteiger partial charge in [0.1, 0.15) is 4.83 Å². The Balaban J connectivity index is 1.41. The average Bonchev–Trinajstić information content (AvgIpc) is 3.23. The molecule has 2 aromatic carbocycles. The van der Waals surface area contributed by atoms with Crippen LogP contribution in [0.25, 0.3) is 15.9 Å². The number of amides is 1. The molecule has 0 saturated carbocycles. The molecule has 1 aliphatic rings. The summed E-state index contributed by atoms with van der Waals surface area (Å²) in [5.41, 5.74) is 5.27. The summed E-state index contributed by atoms with van der Waals surface area (Å²) in [4.78, 5) is 33.0. The number of para-hydroxylation sites is 1. The van der Waals surface area contributed by atoms with Gasteiger partial charge in [-0.05, 0) is 61.1 Å².